The average molecular weight is 566 g/mol. The molecular formula is C27H39N3S5. The summed E-state index contributed by atoms with van der Waals surface area (Å²) in [6.07, 6.45) is 16.2. The maximum Gasteiger partial charge on any atom is 0.107 e. The van der Waals surface area contributed by atoms with Crippen LogP contribution >= 0.6 is 55.8 Å². The van der Waals surface area contributed by atoms with Crippen molar-refractivity contribution in [2.24, 2.45) is 0 Å². The van der Waals surface area contributed by atoms with E-state index in [1.165, 1.54) is 57.1 Å². The van der Waals surface area contributed by atoms with Crippen molar-refractivity contribution in [2.45, 2.75) is 80.3 Å². The molecule has 0 aliphatic heterocycles. The first-order chi connectivity index (χ1) is 17.3. The summed E-state index contributed by atoms with van der Waals surface area (Å²) >= 11 is 4.12. The third-order valence-corrected chi connectivity index (χ3v) is 9.21. The summed E-state index contributed by atoms with van der Waals surface area (Å²) in [6, 6.07) is 17.8. The van der Waals surface area contributed by atoms with E-state index in [1.807, 2.05) is 65.5 Å². The first kappa shape index (κ1) is 32.2. The molecule has 0 N–H and O–H groups in total. The molecule has 0 spiro atoms. The Labute approximate surface area is 234 Å². The maximum atomic E-state index is 4.24. The molecule has 0 radical (unpaired) electrons. The highest BCUT2D eigenvalue weighted by Crippen LogP contribution is 2.34. The van der Waals surface area contributed by atoms with Crippen LogP contribution in [0.4, 0.5) is 0 Å². The molecule has 0 saturated carbocycles. The fraction of sp³-hybridized carbons (Fsp3) is 0.444. The number of pyridine rings is 3. The van der Waals surface area contributed by atoms with Gasteiger partial charge < -0.3 is 0 Å². The van der Waals surface area contributed by atoms with E-state index >= 15 is 0 Å². The molecule has 0 aromatic carbocycles. The maximum absolute atomic E-state index is 4.24. The van der Waals surface area contributed by atoms with Crippen LogP contribution in [0, 0.1) is 0 Å². The molecule has 8 heteroatoms. The Morgan fingerprint density at radius 1 is 0.571 bits per heavy atom. The molecule has 3 heterocycles. The van der Waals surface area contributed by atoms with E-state index in [-0.39, 0.29) is 0 Å². The summed E-state index contributed by atoms with van der Waals surface area (Å²) in [4.78, 5) is 12.7. The van der Waals surface area contributed by atoms with Crippen molar-refractivity contribution < 1.29 is 0 Å². The van der Waals surface area contributed by atoms with Gasteiger partial charge in [0, 0.05) is 24.3 Å². The number of rotatable bonds is 14. The van der Waals surface area contributed by atoms with Crippen LogP contribution in [0.5, 0.6) is 0 Å². The number of hydrogen-bond donors (Lipinski definition) is 1. The van der Waals surface area contributed by atoms with Gasteiger partial charge in [0.25, 0.3) is 0 Å². The summed E-state index contributed by atoms with van der Waals surface area (Å²) in [7, 11) is 6.91. The van der Waals surface area contributed by atoms with E-state index in [9.17, 15) is 0 Å². The Hall–Kier alpha value is -0.800. The lowest BCUT2D eigenvalue weighted by Crippen LogP contribution is -1.77. The van der Waals surface area contributed by atoms with Crippen molar-refractivity contribution in [3.8, 4) is 0 Å². The van der Waals surface area contributed by atoms with Gasteiger partial charge in [0.05, 0.1) is 0 Å². The predicted octanol–water partition coefficient (Wildman–Crippen LogP) is 10.2. The van der Waals surface area contributed by atoms with Crippen molar-refractivity contribution in [1.29, 1.82) is 0 Å². The van der Waals surface area contributed by atoms with Gasteiger partial charge in [0.2, 0.25) is 0 Å². The van der Waals surface area contributed by atoms with Crippen LogP contribution in [0.15, 0.2) is 88.3 Å². The Balaban J connectivity index is 0.000000274. The Morgan fingerprint density at radius 2 is 1.03 bits per heavy atom. The summed E-state index contributed by atoms with van der Waals surface area (Å²) in [5, 5.41) is 3.12. The van der Waals surface area contributed by atoms with E-state index in [1.54, 1.807) is 44.8 Å². The molecule has 3 nitrogen and oxygen atoms in total. The minimum absolute atomic E-state index is 1.00. The second-order valence-electron chi connectivity index (χ2n) is 7.42. The minimum atomic E-state index is 1.00. The molecule has 0 atom stereocenters. The van der Waals surface area contributed by atoms with Gasteiger partial charge in [-0.3, -0.25) is 0 Å². The monoisotopic (exact) mass is 565 g/mol. The van der Waals surface area contributed by atoms with Crippen molar-refractivity contribution in [3.63, 3.8) is 0 Å². The zero-order valence-corrected chi connectivity index (χ0v) is 25.1. The van der Waals surface area contributed by atoms with Crippen LogP contribution < -0.4 is 0 Å². The van der Waals surface area contributed by atoms with Gasteiger partial charge in [-0.15, -0.1) is 0 Å². The number of aromatic nitrogens is 3. The van der Waals surface area contributed by atoms with Gasteiger partial charge in [-0.25, -0.2) is 15.0 Å². The summed E-state index contributed by atoms with van der Waals surface area (Å²) in [6.45, 7) is 4.47. The molecule has 0 fully saturated rings. The molecular weight excluding hydrogens is 527 g/mol. The van der Waals surface area contributed by atoms with Crippen molar-refractivity contribution in [1.82, 2.24) is 15.0 Å². The molecule has 0 saturated heterocycles. The van der Waals surface area contributed by atoms with Crippen LogP contribution in [0.25, 0.3) is 0 Å². The van der Waals surface area contributed by atoms with E-state index in [2.05, 4.69) is 47.5 Å². The summed E-state index contributed by atoms with van der Waals surface area (Å²) in [5.74, 6) is 2.29. The number of thiol groups is 1. The lowest BCUT2D eigenvalue weighted by atomic mass is 10.2. The highest BCUT2D eigenvalue weighted by Gasteiger charge is 1.97. The summed E-state index contributed by atoms with van der Waals surface area (Å²) in [5.41, 5.74) is 0. The van der Waals surface area contributed by atoms with Crippen LogP contribution in [0.2, 0.25) is 0 Å². The lowest BCUT2D eigenvalue weighted by molar-refractivity contribution is 0.660. The van der Waals surface area contributed by atoms with Gasteiger partial charge in [-0.05, 0) is 87.4 Å². The number of unbranched alkanes of at least 4 members (excludes halogenated alkanes) is 6. The number of hydrogen-bond acceptors (Lipinski definition) is 8. The van der Waals surface area contributed by atoms with E-state index in [4.69, 9.17) is 0 Å². The van der Waals surface area contributed by atoms with E-state index in [0.717, 1.165) is 20.8 Å². The molecule has 0 bridgehead atoms. The third-order valence-electron chi connectivity index (χ3n) is 4.36. The molecule has 3 aromatic rings. The van der Waals surface area contributed by atoms with Gasteiger partial charge in [-0.1, -0.05) is 81.4 Å². The number of nitrogens with zero attached hydrogens (tertiary/aromatic N) is 3. The van der Waals surface area contributed by atoms with Crippen LogP contribution in [0.3, 0.4) is 0 Å². The fourth-order valence-corrected chi connectivity index (χ4v) is 6.50. The smallest absolute Gasteiger partial charge is 0.107 e. The van der Waals surface area contributed by atoms with E-state index in [0.29, 0.717) is 0 Å². The first-order valence-corrected chi connectivity index (χ1v) is 17.4. The predicted molar refractivity (Wildman–Crippen MR) is 165 cm³/mol. The molecule has 0 aliphatic rings. The third kappa shape index (κ3) is 20.0. The van der Waals surface area contributed by atoms with Crippen LogP contribution in [-0.2, 0) is 0 Å². The minimum Gasteiger partial charge on any atom is -0.249 e. The molecule has 3 rings (SSSR count). The molecule has 192 valence electrons. The SMILES string of the molecule is CCCCCCCS.CCCCCSSc1ccccn1.c1ccc(SSc2ccccn2)nc1. The van der Waals surface area contributed by atoms with Crippen molar-refractivity contribution in [3.05, 3.63) is 73.2 Å². The molecule has 0 unspecified atom stereocenters. The topological polar surface area (TPSA) is 38.7 Å². The Kier molecular flexibility index (Phi) is 22.9. The quantitative estimate of drug-likeness (QED) is 0.118. The van der Waals surface area contributed by atoms with Gasteiger partial charge >= 0.3 is 0 Å². The second kappa shape index (κ2) is 24.9. The normalized spacial score (nSPS) is 10.0. The molecule has 3 aromatic heterocycles. The highest BCUT2D eigenvalue weighted by atomic mass is 33.1. The molecule has 0 amide bonds. The fourth-order valence-electron chi connectivity index (χ4n) is 2.50. The van der Waals surface area contributed by atoms with Crippen molar-refractivity contribution in [2.75, 3.05) is 11.5 Å². The summed E-state index contributed by atoms with van der Waals surface area (Å²) < 4.78 is 0. The molecule has 0 aliphatic carbocycles. The Bertz CT molecular complexity index is 765. The van der Waals surface area contributed by atoms with Gasteiger partial charge in [0.15, 0.2) is 0 Å². The van der Waals surface area contributed by atoms with E-state index < -0.39 is 0 Å². The van der Waals surface area contributed by atoms with Gasteiger partial charge in [-0.2, -0.15) is 12.6 Å². The largest absolute Gasteiger partial charge is 0.249 e. The van der Waals surface area contributed by atoms with Crippen molar-refractivity contribution >= 4 is 55.8 Å². The highest BCUT2D eigenvalue weighted by molar-refractivity contribution is 8.77. The van der Waals surface area contributed by atoms with Crippen LogP contribution in [0.1, 0.15) is 65.2 Å². The zero-order chi connectivity index (χ0) is 25.2. The standard InChI is InChI=1S/C10H8N2S2.C10H15NS2.C7H16S/c1-3-7-11-9(5-1)13-14-10-6-2-4-8-12-10;1-2-3-6-9-12-13-10-7-4-5-8-11-10;1-2-3-4-5-6-7-8/h1-8H;4-5,7-8H,2-3,6,9H2,1H3;8H,2-7H2,1H3. The molecule has 35 heavy (non-hydrogen) atoms. The Morgan fingerprint density at radius 3 is 1.46 bits per heavy atom. The first-order valence-electron chi connectivity index (χ1n) is 12.3. The average Bonchev–Trinajstić information content (AvgIpc) is 2.92. The van der Waals surface area contributed by atoms with Gasteiger partial charge in [0.1, 0.15) is 15.1 Å². The lowest BCUT2D eigenvalue weighted by Gasteiger charge is -1.98. The second-order valence-corrected chi connectivity index (χ2v) is 12.5. The van der Waals surface area contributed by atoms with Crippen LogP contribution in [-0.4, -0.2) is 26.5 Å². The zero-order valence-electron chi connectivity index (χ0n) is 20.9.